The maximum atomic E-state index is 12.3. The number of alkyl halides is 2. The van der Waals surface area contributed by atoms with E-state index in [0.717, 1.165) is 30.9 Å². The van der Waals surface area contributed by atoms with Crippen molar-refractivity contribution >= 4 is 17.5 Å². The van der Waals surface area contributed by atoms with Crippen molar-refractivity contribution < 1.29 is 8.78 Å². The number of hydrogen-bond acceptors (Lipinski definition) is 6. The molecule has 0 saturated carbocycles. The van der Waals surface area contributed by atoms with Gasteiger partial charge in [0, 0.05) is 30.5 Å². The number of aromatic nitrogens is 4. The lowest BCUT2D eigenvalue weighted by Gasteiger charge is -2.14. The number of nitrogens with zero attached hydrogens (tertiary/aromatic N) is 4. The first-order valence-corrected chi connectivity index (χ1v) is 7.98. The first-order valence-electron chi connectivity index (χ1n) is 7.98. The van der Waals surface area contributed by atoms with E-state index in [1.54, 1.807) is 6.20 Å². The van der Waals surface area contributed by atoms with Gasteiger partial charge in [-0.3, -0.25) is 4.68 Å². The Hall–Kier alpha value is -2.29. The van der Waals surface area contributed by atoms with Gasteiger partial charge in [-0.15, -0.1) is 0 Å². The molecular weight excluding hydrogens is 316 g/mol. The van der Waals surface area contributed by atoms with Gasteiger partial charge in [0.15, 0.2) is 0 Å². The Balaban J connectivity index is 1.63. The van der Waals surface area contributed by atoms with Crippen LogP contribution < -0.4 is 16.0 Å². The minimum absolute atomic E-state index is 0.402. The molecule has 0 bridgehead atoms. The predicted octanol–water partition coefficient (Wildman–Crippen LogP) is 2.15. The maximum Gasteiger partial charge on any atom is 0.257 e. The number of aryl methyl sites for hydroxylation is 1. The third kappa shape index (κ3) is 4.38. The molecule has 1 fully saturated rings. The van der Waals surface area contributed by atoms with Crippen LogP contribution in [0.2, 0.25) is 0 Å². The Labute approximate surface area is 138 Å². The Morgan fingerprint density at radius 3 is 3.04 bits per heavy atom. The molecule has 0 amide bonds. The molecule has 7 nitrogen and oxygen atoms in total. The molecular formula is C15H21F2N7. The van der Waals surface area contributed by atoms with E-state index >= 15 is 0 Å². The summed E-state index contributed by atoms with van der Waals surface area (Å²) in [4.78, 5) is 8.67. The van der Waals surface area contributed by atoms with Crippen LogP contribution in [0.4, 0.5) is 26.2 Å². The van der Waals surface area contributed by atoms with Gasteiger partial charge in [0.1, 0.15) is 12.4 Å². The summed E-state index contributed by atoms with van der Waals surface area (Å²) in [6.45, 7) is 3.38. The molecule has 3 N–H and O–H groups in total. The van der Waals surface area contributed by atoms with Gasteiger partial charge in [0.2, 0.25) is 5.95 Å². The average molecular weight is 337 g/mol. The second kappa shape index (κ2) is 7.52. The van der Waals surface area contributed by atoms with Crippen LogP contribution in [0.3, 0.4) is 0 Å². The molecule has 1 aliphatic rings. The highest BCUT2D eigenvalue weighted by atomic mass is 19.3. The summed E-state index contributed by atoms with van der Waals surface area (Å²) in [5.41, 5.74) is 1.52. The molecule has 9 heteroatoms. The summed E-state index contributed by atoms with van der Waals surface area (Å²) >= 11 is 0. The maximum absolute atomic E-state index is 12.3. The zero-order valence-corrected chi connectivity index (χ0v) is 13.5. The van der Waals surface area contributed by atoms with E-state index in [1.807, 2.05) is 6.92 Å². The second-order valence-electron chi connectivity index (χ2n) is 5.87. The molecule has 0 aromatic carbocycles. The molecule has 1 unspecified atom stereocenters. The number of halogens is 2. The first kappa shape index (κ1) is 16.6. The smallest absolute Gasteiger partial charge is 0.257 e. The fourth-order valence-corrected chi connectivity index (χ4v) is 2.63. The molecule has 3 heterocycles. The van der Waals surface area contributed by atoms with Crippen molar-refractivity contribution in [2.75, 3.05) is 23.7 Å². The van der Waals surface area contributed by atoms with Crippen LogP contribution in [0.25, 0.3) is 0 Å². The lowest BCUT2D eigenvalue weighted by atomic mass is 10.2. The standard InChI is InChI=1S/C15H21F2N7/c1-10-5-20-15(22-12-7-21-24(8-12)9-13(16)17)23-14(10)19-6-11-3-2-4-18-11/h5,7-8,11,13,18H,2-4,6,9H2,1H3,(H2,19,20,22,23). The van der Waals surface area contributed by atoms with Crippen molar-refractivity contribution in [1.82, 2.24) is 25.1 Å². The Morgan fingerprint density at radius 2 is 2.29 bits per heavy atom. The normalized spacial score (nSPS) is 17.4. The van der Waals surface area contributed by atoms with Crippen molar-refractivity contribution in [3.63, 3.8) is 0 Å². The summed E-state index contributed by atoms with van der Waals surface area (Å²) in [6, 6.07) is 0.461. The van der Waals surface area contributed by atoms with Crippen LogP contribution in [0.1, 0.15) is 18.4 Å². The third-order valence-corrected chi connectivity index (χ3v) is 3.86. The average Bonchev–Trinajstić information content (AvgIpc) is 3.19. The van der Waals surface area contributed by atoms with E-state index in [1.165, 1.54) is 23.5 Å². The number of anilines is 3. The summed E-state index contributed by atoms with van der Waals surface area (Å²) in [6.07, 6.45) is 4.62. The molecule has 1 saturated heterocycles. The highest BCUT2D eigenvalue weighted by molar-refractivity contribution is 5.54. The van der Waals surface area contributed by atoms with E-state index in [4.69, 9.17) is 0 Å². The summed E-state index contributed by atoms with van der Waals surface area (Å²) in [5.74, 6) is 1.17. The van der Waals surface area contributed by atoms with Crippen molar-refractivity contribution in [2.45, 2.75) is 38.8 Å². The van der Waals surface area contributed by atoms with Crippen LogP contribution in [0.15, 0.2) is 18.6 Å². The van der Waals surface area contributed by atoms with Gasteiger partial charge < -0.3 is 16.0 Å². The Kier molecular flexibility index (Phi) is 5.19. The minimum atomic E-state index is -2.44. The van der Waals surface area contributed by atoms with Crippen molar-refractivity contribution in [3.05, 3.63) is 24.2 Å². The van der Waals surface area contributed by atoms with Crippen molar-refractivity contribution in [2.24, 2.45) is 0 Å². The van der Waals surface area contributed by atoms with E-state index < -0.39 is 13.0 Å². The zero-order chi connectivity index (χ0) is 16.9. The Morgan fingerprint density at radius 1 is 1.42 bits per heavy atom. The van der Waals surface area contributed by atoms with Gasteiger partial charge >= 0.3 is 0 Å². The number of nitrogens with one attached hydrogen (secondary N) is 3. The second-order valence-corrected chi connectivity index (χ2v) is 5.87. The van der Waals surface area contributed by atoms with Crippen LogP contribution in [-0.4, -0.2) is 45.3 Å². The third-order valence-electron chi connectivity index (χ3n) is 3.86. The van der Waals surface area contributed by atoms with Crippen molar-refractivity contribution in [1.29, 1.82) is 0 Å². The molecule has 0 spiro atoms. The quantitative estimate of drug-likeness (QED) is 0.718. The molecule has 2 aromatic heterocycles. The zero-order valence-electron chi connectivity index (χ0n) is 13.5. The van der Waals surface area contributed by atoms with Gasteiger partial charge in [0.25, 0.3) is 6.43 Å². The molecule has 0 aliphatic carbocycles. The fourth-order valence-electron chi connectivity index (χ4n) is 2.63. The molecule has 0 radical (unpaired) electrons. The summed E-state index contributed by atoms with van der Waals surface area (Å²) in [7, 11) is 0. The fraction of sp³-hybridized carbons (Fsp3) is 0.533. The lowest BCUT2D eigenvalue weighted by Crippen LogP contribution is -2.29. The SMILES string of the molecule is Cc1cnc(Nc2cnn(CC(F)F)c2)nc1NCC1CCCN1. The molecule has 1 aliphatic heterocycles. The van der Waals surface area contributed by atoms with E-state index in [-0.39, 0.29) is 0 Å². The number of hydrogen-bond donors (Lipinski definition) is 3. The van der Waals surface area contributed by atoms with E-state index in [2.05, 4.69) is 31.0 Å². The van der Waals surface area contributed by atoms with Crippen LogP contribution in [0.5, 0.6) is 0 Å². The predicted molar refractivity (Wildman–Crippen MR) is 87.8 cm³/mol. The van der Waals surface area contributed by atoms with Crippen LogP contribution in [0, 0.1) is 6.92 Å². The van der Waals surface area contributed by atoms with Gasteiger partial charge in [-0.1, -0.05) is 0 Å². The summed E-state index contributed by atoms with van der Waals surface area (Å²) < 4.78 is 25.9. The van der Waals surface area contributed by atoms with Gasteiger partial charge in [-0.05, 0) is 26.3 Å². The molecule has 3 rings (SSSR count). The number of rotatable bonds is 7. The highest BCUT2D eigenvalue weighted by Crippen LogP contribution is 2.17. The largest absolute Gasteiger partial charge is 0.368 e. The molecule has 130 valence electrons. The topological polar surface area (TPSA) is 79.7 Å². The molecule has 1 atom stereocenters. The lowest BCUT2D eigenvalue weighted by molar-refractivity contribution is 0.122. The van der Waals surface area contributed by atoms with Crippen LogP contribution in [-0.2, 0) is 6.54 Å². The van der Waals surface area contributed by atoms with Crippen LogP contribution >= 0.6 is 0 Å². The van der Waals surface area contributed by atoms with Crippen molar-refractivity contribution in [3.8, 4) is 0 Å². The Bertz CT molecular complexity index is 668. The minimum Gasteiger partial charge on any atom is -0.368 e. The van der Waals surface area contributed by atoms with Gasteiger partial charge in [0.05, 0.1) is 11.9 Å². The van der Waals surface area contributed by atoms with E-state index in [0.29, 0.717) is 17.7 Å². The highest BCUT2D eigenvalue weighted by Gasteiger charge is 2.14. The summed E-state index contributed by atoms with van der Waals surface area (Å²) in [5, 5.41) is 13.6. The monoisotopic (exact) mass is 337 g/mol. The van der Waals surface area contributed by atoms with Gasteiger partial charge in [-0.2, -0.15) is 10.1 Å². The molecule has 2 aromatic rings. The van der Waals surface area contributed by atoms with Gasteiger partial charge in [-0.25, -0.2) is 13.8 Å². The first-order chi connectivity index (χ1) is 11.6. The van der Waals surface area contributed by atoms with E-state index in [9.17, 15) is 8.78 Å². The molecule has 24 heavy (non-hydrogen) atoms.